The van der Waals surface area contributed by atoms with Gasteiger partial charge in [-0.25, -0.2) is 4.68 Å². The van der Waals surface area contributed by atoms with Gasteiger partial charge in [-0.1, -0.05) is 18.2 Å². The highest BCUT2D eigenvalue weighted by atomic mass is 19.4. The topological polar surface area (TPSA) is 88.5 Å². The van der Waals surface area contributed by atoms with Gasteiger partial charge in [-0.15, -0.1) is 0 Å². The number of rotatable bonds is 6. The number of nitrogens with zero attached hydrogens (tertiary/aromatic N) is 5. The summed E-state index contributed by atoms with van der Waals surface area (Å²) in [5, 5.41) is 19.8. The molecule has 3 aromatic rings. The van der Waals surface area contributed by atoms with Crippen LogP contribution in [0.3, 0.4) is 0 Å². The summed E-state index contributed by atoms with van der Waals surface area (Å²) in [5.74, 6) is -0.177. The summed E-state index contributed by atoms with van der Waals surface area (Å²) in [5.41, 5.74) is 0.400. The molecule has 1 aliphatic carbocycles. The summed E-state index contributed by atoms with van der Waals surface area (Å²) < 4.78 is 41.7. The van der Waals surface area contributed by atoms with Crippen molar-refractivity contribution in [1.29, 1.82) is 5.26 Å². The predicted molar refractivity (Wildman–Crippen MR) is 101 cm³/mol. The second kappa shape index (κ2) is 7.67. The van der Waals surface area contributed by atoms with Gasteiger partial charge < -0.3 is 5.32 Å². The van der Waals surface area contributed by atoms with Crippen LogP contribution in [0, 0.1) is 11.3 Å². The third-order valence-electron chi connectivity index (χ3n) is 4.80. The Bertz CT molecular complexity index is 1110. The van der Waals surface area contributed by atoms with Crippen molar-refractivity contribution in [2.24, 2.45) is 0 Å². The minimum atomic E-state index is -4.53. The van der Waals surface area contributed by atoms with Crippen LogP contribution in [0.4, 0.5) is 19.0 Å². The van der Waals surface area contributed by atoms with Crippen molar-refractivity contribution in [3.8, 4) is 11.8 Å². The highest BCUT2D eigenvalue weighted by molar-refractivity contribution is 5.91. The number of hydrogen-bond donors (Lipinski definition) is 1. The van der Waals surface area contributed by atoms with Crippen molar-refractivity contribution in [2.45, 2.75) is 37.9 Å². The average molecular weight is 414 g/mol. The normalized spacial score (nSPS) is 13.8. The van der Waals surface area contributed by atoms with Crippen LogP contribution in [0.15, 0.2) is 42.6 Å². The molecule has 1 N–H and O–H groups in total. The first kappa shape index (κ1) is 19.7. The molecule has 30 heavy (non-hydrogen) atoms. The quantitative estimate of drug-likeness (QED) is 0.663. The van der Waals surface area contributed by atoms with Gasteiger partial charge in [0.05, 0.1) is 11.9 Å². The molecule has 0 radical (unpaired) electrons. The molecule has 2 aromatic heterocycles. The molecule has 1 saturated carbocycles. The van der Waals surface area contributed by atoms with E-state index in [1.54, 1.807) is 24.3 Å². The van der Waals surface area contributed by atoms with Gasteiger partial charge in [0.15, 0.2) is 11.5 Å². The second-order valence-electron chi connectivity index (χ2n) is 7.01. The Kier molecular flexibility index (Phi) is 5.03. The molecule has 10 heteroatoms. The summed E-state index contributed by atoms with van der Waals surface area (Å²) in [7, 11) is 0. The minimum absolute atomic E-state index is 0.00904. The third-order valence-corrected chi connectivity index (χ3v) is 4.80. The Morgan fingerprint density at radius 1 is 1.27 bits per heavy atom. The van der Waals surface area contributed by atoms with Gasteiger partial charge in [0.2, 0.25) is 5.91 Å². The molecule has 2 heterocycles. The molecule has 1 fully saturated rings. The van der Waals surface area contributed by atoms with Crippen molar-refractivity contribution in [2.75, 3.05) is 5.32 Å². The lowest BCUT2D eigenvalue weighted by molar-refractivity contribution is -0.141. The molecule has 0 bridgehead atoms. The maximum absolute atomic E-state index is 13.0. The van der Waals surface area contributed by atoms with E-state index < -0.39 is 17.8 Å². The fourth-order valence-corrected chi connectivity index (χ4v) is 3.17. The maximum Gasteiger partial charge on any atom is 0.435 e. The highest BCUT2D eigenvalue weighted by Gasteiger charge is 2.37. The number of para-hydroxylation sites is 1. The van der Waals surface area contributed by atoms with E-state index in [0.29, 0.717) is 11.4 Å². The van der Waals surface area contributed by atoms with Crippen LogP contribution in [0.2, 0.25) is 0 Å². The number of nitriles is 1. The van der Waals surface area contributed by atoms with Crippen LogP contribution in [0.25, 0.3) is 5.69 Å². The number of carbonyl (C=O) groups excluding carboxylic acids is 1. The van der Waals surface area contributed by atoms with Crippen LogP contribution in [0.5, 0.6) is 0 Å². The minimum Gasteiger partial charge on any atom is -0.309 e. The number of nitrogens with one attached hydrogen (secondary N) is 1. The van der Waals surface area contributed by atoms with E-state index in [4.69, 9.17) is 0 Å². The van der Waals surface area contributed by atoms with Gasteiger partial charge in [0.1, 0.15) is 11.6 Å². The first-order valence-electron chi connectivity index (χ1n) is 9.35. The molecule has 1 aliphatic rings. The number of hydrogen-bond acceptors (Lipinski definition) is 4. The molecule has 1 aromatic carbocycles. The lowest BCUT2D eigenvalue weighted by atomic mass is 10.2. The van der Waals surface area contributed by atoms with Crippen LogP contribution < -0.4 is 5.32 Å². The van der Waals surface area contributed by atoms with E-state index in [9.17, 15) is 23.2 Å². The number of benzene rings is 1. The number of halogens is 3. The molecule has 1 amide bonds. The lowest BCUT2D eigenvalue weighted by Crippen LogP contribution is -2.19. The zero-order valence-corrected chi connectivity index (χ0v) is 15.7. The Balaban J connectivity index is 1.50. The number of aryl methyl sites for hydroxylation is 1. The van der Waals surface area contributed by atoms with Crippen molar-refractivity contribution in [1.82, 2.24) is 19.6 Å². The standard InChI is InChI=1S/C20H17F3N6O/c21-20(22,23)17-10-16(13-6-7-13)28(27-17)9-8-18(30)26-19-14(11-24)12-25-29(19)15-4-2-1-3-5-15/h1-5,10,12-13H,6-9H2,(H,26,30). The van der Waals surface area contributed by atoms with Crippen LogP contribution >= 0.6 is 0 Å². The van der Waals surface area contributed by atoms with Gasteiger partial charge in [-0.3, -0.25) is 9.48 Å². The van der Waals surface area contributed by atoms with Gasteiger partial charge >= 0.3 is 6.18 Å². The van der Waals surface area contributed by atoms with E-state index in [0.717, 1.165) is 18.9 Å². The molecule has 7 nitrogen and oxygen atoms in total. The molecule has 0 unspecified atom stereocenters. The maximum atomic E-state index is 13.0. The fourth-order valence-electron chi connectivity index (χ4n) is 3.17. The molecule has 0 spiro atoms. The molecule has 0 atom stereocenters. The summed E-state index contributed by atoms with van der Waals surface area (Å²) in [6.07, 6.45) is -1.64. The monoisotopic (exact) mass is 414 g/mol. The van der Waals surface area contributed by atoms with E-state index in [1.807, 2.05) is 12.1 Å². The molecule has 154 valence electrons. The Morgan fingerprint density at radius 3 is 2.63 bits per heavy atom. The second-order valence-corrected chi connectivity index (χ2v) is 7.01. The van der Waals surface area contributed by atoms with Crippen molar-refractivity contribution in [3.63, 3.8) is 0 Å². The van der Waals surface area contributed by atoms with Gasteiger partial charge in [-0.05, 0) is 31.0 Å². The number of aromatic nitrogens is 4. The fraction of sp³-hybridized carbons (Fsp3) is 0.300. The number of amides is 1. The Labute approximate surface area is 169 Å². The largest absolute Gasteiger partial charge is 0.435 e. The summed E-state index contributed by atoms with van der Waals surface area (Å²) >= 11 is 0. The number of anilines is 1. The van der Waals surface area contributed by atoms with Gasteiger partial charge in [0.25, 0.3) is 0 Å². The zero-order chi connectivity index (χ0) is 21.3. The Morgan fingerprint density at radius 2 is 2.00 bits per heavy atom. The zero-order valence-electron chi connectivity index (χ0n) is 15.7. The smallest absolute Gasteiger partial charge is 0.309 e. The molecular weight excluding hydrogens is 397 g/mol. The van der Waals surface area contributed by atoms with E-state index in [-0.39, 0.29) is 30.3 Å². The van der Waals surface area contributed by atoms with E-state index in [1.165, 1.54) is 15.6 Å². The van der Waals surface area contributed by atoms with E-state index in [2.05, 4.69) is 15.5 Å². The molecule has 4 rings (SSSR count). The molecule has 0 saturated heterocycles. The average Bonchev–Trinajstić information content (AvgIpc) is 3.34. The first-order chi connectivity index (χ1) is 14.4. The summed E-state index contributed by atoms with van der Waals surface area (Å²) in [6.45, 7) is 0.00904. The molecular formula is C20H17F3N6O. The van der Waals surface area contributed by atoms with Crippen LogP contribution in [-0.2, 0) is 17.5 Å². The van der Waals surface area contributed by atoms with E-state index >= 15 is 0 Å². The number of alkyl halides is 3. The lowest BCUT2D eigenvalue weighted by Gasteiger charge is -2.10. The van der Waals surface area contributed by atoms with Crippen molar-refractivity contribution >= 4 is 11.7 Å². The molecule has 0 aliphatic heterocycles. The first-order valence-corrected chi connectivity index (χ1v) is 9.35. The Hall–Kier alpha value is -3.61. The van der Waals surface area contributed by atoms with Crippen LogP contribution in [0.1, 0.15) is 42.1 Å². The van der Waals surface area contributed by atoms with Crippen molar-refractivity contribution < 1.29 is 18.0 Å². The van der Waals surface area contributed by atoms with Crippen LogP contribution in [-0.4, -0.2) is 25.5 Å². The van der Waals surface area contributed by atoms with Crippen molar-refractivity contribution in [3.05, 3.63) is 59.5 Å². The summed E-state index contributed by atoms with van der Waals surface area (Å²) in [6, 6.07) is 12.0. The SMILES string of the molecule is N#Cc1cnn(-c2ccccc2)c1NC(=O)CCn1nc(C(F)(F)F)cc1C1CC1. The third kappa shape index (κ3) is 4.05. The summed E-state index contributed by atoms with van der Waals surface area (Å²) in [4.78, 5) is 12.5. The number of carbonyl (C=O) groups is 1. The van der Waals surface area contributed by atoms with Gasteiger partial charge in [-0.2, -0.15) is 28.6 Å². The van der Waals surface area contributed by atoms with Gasteiger partial charge in [0, 0.05) is 24.6 Å². The predicted octanol–water partition coefficient (Wildman–Crippen LogP) is 3.87. The highest BCUT2D eigenvalue weighted by Crippen LogP contribution is 2.42.